The molecule has 0 aliphatic carbocycles. The average Bonchev–Trinajstić information content (AvgIpc) is 3.12. The van der Waals surface area contributed by atoms with E-state index in [0.29, 0.717) is 17.6 Å². The van der Waals surface area contributed by atoms with Crippen LogP contribution < -0.4 is 5.56 Å². The summed E-state index contributed by atoms with van der Waals surface area (Å²) in [6, 6.07) is 13.8. The lowest BCUT2D eigenvalue weighted by Gasteiger charge is -2.15. The average molecular weight is 369 g/mol. The van der Waals surface area contributed by atoms with Gasteiger partial charge in [-0.25, -0.2) is 5.10 Å². The summed E-state index contributed by atoms with van der Waals surface area (Å²) >= 11 is 0. The molecule has 0 bridgehead atoms. The Kier molecular flexibility index (Phi) is 5.08. The molecule has 4 rings (SSSR count). The van der Waals surface area contributed by atoms with Crippen LogP contribution in [-0.4, -0.2) is 46.5 Å². The number of aromatic nitrogens is 4. The van der Waals surface area contributed by atoms with Crippen molar-refractivity contribution in [1.29, 1.82) is 0 Å². The van der Waals surface area contributed by atoms with Crippen LogP contribution in [0.1, 0.15) is 5.56 Å². The summed E-state index contributed by atoms with van der Waals surface area (Å²) in [4.78, 5) is 22.0. The molecule has 7 heteroatoms. The monoisotopic (exact) mass is 369 g/mol. The maximum Gasteiger partial charge on any atom is 0.273 e. The highest BCUT2D eigenvalue weighted by Crippen LogP contribution is 2.25. The summed E-state index contributed by atoms with van der Waals surface area (Å²) in [6.45, 7) is 1.67. The van der Waals surface area contributed by atoms with Gasteiger partial charge >= 0.3 is 0 Å². The second kappa shape index (κ2) is 7.82. The highest BCUT2D eigenvalue weighted by Gasteiger charge is 2.11. The zero-order valence-corrected chi connectivity index (χ0v) is 15.6. The minimum absolute atomic E-state index is 0.229. The number of aromatic amines is 2. The highest BCUT2D eigenvalue weighted by atomic mass is 16.1. The molecule has 2 radical (unpaired) electrons. The van der Waals surface area contributed by atoms with Gasteiger partial charge < -0.3 is 9.88 Å². The molecule has 0 saturated carbocycles. The SMILES string of the molecule is [B]CCN(C)Cc1ccc2cc(-c3cc(-c4ccncc4)n[nH]c3=O)[nH]c2c1. The molecule has 0 amide bonds. The molecule has 6 nitrogen and oxygen atoms in total. The molecule has 4 aromatic rings. The van der Waals surface area contributed by atoms with Crippen molar-refractivity contribution in [2.75, 3.05) is 13.6 Å². The van der Waals surface area contributed by atoms with Crippen molar-refractivity contribution in [2.24, 2.45) is 0 Å². The Bertz CT molecular complexity index is 1150. The molecule has 0 saturated heterocycles. The summed E-state index contributed by atoms with van der Waals surface area (Å²) in [5.41, 5.74) is 4.87. The third kappa shape index (κ3) is 3.75. The van der Waals surface area contributed by atoms with E-state index in [-0.39, 0.29) is 5.56 Å². The van der Waals surface area contributed by atoms with E-state index in [4.69, 9.17) is 7.85 Å². The van der Waals surface area contributed by atoms with Crippen molar-refractivity contribution in [1.82, 2.24) is 25.1 Å². The van der Waals surface area contributed by atoms with Gasteiger partial charge in [-0.15, -0.1) is 0 Å². The minimum Gasteiger partial charge on any atom is -0.354 e. The first-order chi connectivity index (χ1) is 13.6. The van der Waals surface area contributed by atoms with E-state index < -0.39 is 0 Å². The number of hydrogen-bond donors (Lipinski definition) is 2. The van der Waals surface area contributed by atoms with Crippen molar-refractivity contribution < 1.29 is 0 Å². The number of hydrogen-bond acceptors (Lipinski definition) is 4. The Morgan fingerprint density at radius 3 is 2.71 bits per heavy atom. The van der Waals surface area contributed by atoms with Crippen molar-refractivity contribution >= 4 is 18.7 Å². The molecule has 0 unspecified atom stereocenters. The molecule has 0 aliphatic rings. The predicted octanol–water partition coefficient (Wildman–Crippen LogP) is 3.00. The second-order valence-corrected chi connectivity index (χ2v) is 6.86. The molecule has 0 aliphatic heterocycles. The van der Waals surface area contributed by atoms with Crippen LogP contribution in [0.5, 0.6) is 0 Å². The standard InChI is InChI=1S/C21H20BN5O/c1-27(9-6-22)13-14-2-3-16-11-20(24-18(16)10-14)17-12-19(25-26-21(17)28)15-4-7-23-8-5-15/h2-5,7-8,10-12,24H,6,9,13H2,1H3,(H,26,28). The number of H-pyrrole nitrogens is 2. The van der Waals surface area contributed by atoms with E-state index in [0.717, 1.165) is 35.2 Å². The predicted molar refractivity (Wildman–Crippen MR) is 112 cm³/mol. The van der Waals surface area contributed by atoms with Gasteiger partial charge in [0, 0.05) is 35.4 Å². The zero-order chi connectivity index (χ0) is 19.5. The summed E-state index contributed by atoms with van der Waals surface area (Å²) in [5, 5.41) is 7.81. The van der Waals surface area contributed by atoms with Crippen LogP contribution in [0.4, 0.5) is 0 Å². The quantitative estimate of drug-likeness (QED) is 0.512. The van der Waals surface area contributed by atoms with E-state index in [2.05, 4.69) is 43.3 Å². The first-order valence-corrected chi connectivity index (χ1v) is 9.15. The van der Waals surface area contributed by atoms with Crippen molar-refractivity contribution in [3.8, 4) is 22.5 Å². The van der Waals surface area contributed by atoms with E-state index in [9.17, 15) is 4.79 Å². The third-order valence-electron chi connectivity index (χ3n) is 4.72. The van der Waals surface area contributed by atoms with E-state index in [1.165, 1.54) is 5.56 Å². The first-order valence-electron chi connectivity index (χ1n) is 9.15. The van der Waals surface area contributed by atoms with Crippen LogP contribution in [0.25, 0.3) is 33.4 Å². The maximum atomic E-state index is 12.4. The van der Waals surface area contributed by atoms with Gasteiger partial charge in [0.2, 0.25) is 0 Å². The van der Waals surface area contributed by atoms with Crippen LogP contribution >= 0.6 is 0 Å². The van der Waals surface area contributed by atoms with Crippen LogP contribution in [-0.2, 0) is 6.54 Å². The van der Waals surface area contributed by atoms with E-state index in [1.807, 2.05) is 25.2 Å². The molecule has 28 heavy (non-hydrogen) atoms. The van der Waals surface area contributed by atoms with Gasteiger partial charge in [-0.2, -0.15) is 5.10 Å². The molecule has 138 valence electrons. The minimum atomic E-state index is -0.229. The number of rotatable bonds is 6. The summed E-state index contributed by atoms with van der Waals surface area (Å²) in [6.07, 6.45) is 4.04. The largest absolute Gasteiger partial charge is 0.354 e. The zero-order valence-electron chi connectivity index (χ0n) is 15.6. The number of pyridine rings is 1. The fraction of sp³-hybridized carbons (Fsp3) is 0.190. The molecule has 0 fully saturated rings. The number of fused-ring (bicyclic) bond motifs is 1. The normalized spacial score (nSPS) is 11.4. The molecular weight excluding hydrogens is 349 g/mol. The van der Waals surface area contributed by atoms with E-state index >= 15 is 0 Å². The Labute approximate surface area is 164 Å². The molecule has 3 aromatic heterocycles. The van der Waals surface area contributed by atoms with E-state index in [1.54, 1.807) is 18.5 Å². The van der Waals surface area contributed by atoms with Gasteiger partial charge in [0.15, 0.2) is 0 Å². The Balaban J connectivity index is 1.70. The van der Waals surface area contributed by atoms with Crippen LogP contribution in [0.3, 0.4) is 0 Å². The highest BCUT2D eigenvalue weighted by molar-refractivity contribution is 6.08. The fourth-order valence-electron chi connectivity index (χ4n) is 3.31. The molecule has 2 N–H and O–H groups in total. The Morgan fingerprint density at radius 2 is 1.93 bits per heavy atom. The van der Waals surface area contributed by atoms with Gasteiger partial charge in [0.1, 0.15) is 0 Å². The lowest BCUT2D eigenvalue weighted by molar-refractivity contribution is 0.346. The molecule has 0 atom stereocenters. The van der Waals surface area contributed by atoms with Crippen LogP contribution in [0.2, 0.25) is 6.32 Å². The van der Waals surface area contributed by atoms with Crippen molar-refractivity contribution in [3.05, 3.63) is 70.8 Å². The summed E-state index contributed by atoms with van der Waals surface area (Å²) < 4.78 is 0. The number of benzene rings is 1. The van der Waals surface area contributed by atoms with Gasteiger partial charge in [-0.05, 0) is 49.5 Å². The molecule has 1 aromatic carbocycles. The summed E-state index contributed by atoms with van der Waals surface area (Å²) in [5.74, 6) is 0. The maximum absolute atomic E-state index is 12.4. The lowest BCUT2D eigenvalue weighted by atomic mass is 10.0. The first kappa shape index (κ1) is 18.2. The van der Waals surface area contributed by atoms with Gasteiger partial charge in [-0.3, -0.25) is 9.78 Å². The molecule has 3 heterocycles. The molecular formula is C21H20BN5O. The van der Waals surface area contributed by atoms with Crippen molar-refractivity contribution in [3.63, 3.8) is 0 Å². The van der Waals surface area contributed by atoms with Crippen LogP contribution in [0, 0.1) is 0 Å². The Hall–Kier alpha value is -3.19. The van der Waals surface area contributed by atoms with Gasteiger partial charge in [0.25, 0.3) is 5.56 Å². The van der Waals surface area contributed by atoms with Gasteiger partial charge in [-0.1, -0.05) is 18.5 Å². The second-order valence-electron chi connectivity index (χ2n) is 6.86. The van der Waals surface area contributed by atoms with Gasteiger partial charge in [0.05, 0.1) is 24.8 Å². The van der Waals surface area contributed by atoms with Crippen LogP contribution in [0.15, 0.2) is 59.7 Å². The topological polar surface area (TPSA) is 77.7 Å². The lowest BCUT2D eigenvalue weighted by Crippen LogP contribution is -2.18. The number of nitrogens with one attached hydrogen (secondary N) is 2. The smallest absolute Gasteiger partial charge is 0.273 e. The fourth-order valence-corrected chi connectivity index (χ4v) is 3.31. The Morgan fingerprint density at radius 1 is 1.11 bits per heavy atom. The number of nitrogens with zero attached hydrogens (tertiary/aromatic N) is 3. The molecule has 0 spiro atoms. The third-order valence-corrected chi connectivity index (χ3v) is 4.72. The van der Waals surface area contributed by atoms with Crippen molar-refractivity contribution in [2.45, 2.75) is 12.9 Å². The summed E-state index contributed by atoms with van der Waals surface area (Å²) in [7, 11) is 7.67.